The summed E-state index contributed by atoms with van der Waals surface area (Å²) >= 11 is 12.0. The smallest absolute Gasteiger partial charge is 0.264 e. The number of amides is 1. The van der Waals surface area contributed by atoms with Crippen molar-refractivity contribution in [2.75, 3.05) is 10.8 Å². The van der Waals surface area contributed by atoms with Crippen LogP contribution in [0.25, 0.3) is 0 Å². The Kier molecular flexibility index (Phi) is 7.73. The number of rotatable bonds is 7. The van der Waals surface area contributed by atoms with Crippen LogP contribution in [0.5, 0.6) is 0 Å². The molecule has 1 N–H and O–H groups in total. The van der Waals surface area contributed by atoms with Gasteiger partial charge in [0.05, 0.1) is 21.8 Å². The Labute approximate surface area is 201 Å². The highest BCUT2D eigenvalue weighted by atomic mass is 35.5. The Morgan fingerprint density at radius 2 is 1.79 bits per heavy atom. The van der Waals surface area contributed by atoms with E-state index in [2.05, 4.69) is 10.5 Å². The molecule has 33 heavy (non-hydrogen) atoms. The maximum Gasteiger partial charge on any atom is 0.264 e. The summed E-state index contributed by atoms with van der Waals surface area (Å²) in [6, 6.07) is 15.1. The molecule has 0 radical (unpaired) electrons. The highest BCUT2D eigenvalue weighted by molar-refractivity contribution is 7.92. The van der Waals surface area contributed by atoms with E-state index in [1.165, 1.54) is 42.5 Å². The van der Waals surface area contributed by atoms with Crippen LogP contribution in [0.1, 0.15) is 16.7 Å². The standard InChI is InChI=1S/C23H20Cl2FN3O3S/c1-15-6-9-18(10-7-15)33(31,32)29(22-11-8-17(24)12-16(22)2)14-23(30)28-27-13-19-20(25)4-3-5-21(19)26/h3-13H,14H2,1-2H3,(H,28,30)/b27-13-. The van der Waals surface area contributed by atoms with Crippen molar-refractivity contribution < 1.29 is 17.6 Å². The third-order valence-electron chi connectivity index (χ3n) is 4.71. The number of sulfonamides is 1. The fraction of sp³-hybridized carbons (Fsp3) is 0.130. The van der Waals surface area contributed by atoms with E-state index in [9.17, 15) is 17.6 Å². The third kappa shape index (κ3) is 5.90. The zero-order valence-electron chi connectivity index (χ0n) is 17.7. The van der Waals surface area contributed by atoms with E-state index in [0.29, 0.717) is 10.6 Å². The third-order valence-corrected chi connectivity index (χ3v) is 7.04. The summed E-state index contributed by atoms with van der Waals surface area (Å²) in [5.41, 5.74) is 3.96. The zero-order valence-corrected chi connectivity index (χ0v) is 20.0. The summed E-state index contributed by atoms with van der Waals surface area (Å²) in [5.74, 6) is -1.34. The molecule has 0 heterocycles. The van der Waals surface area contributed by atoms with Crippen LogP contribution in [0.3, 0.4) is 0 Å². The molecule has 0 bridgehead atoms. The Morgan fingerprint density at radius 1 is 1.09 bits per heavy atom. The van der Waals surface area contributed by atoms with Crippen molar-refractivity contribution in [3.8, 4) is 0 Å². The molecule has 0 aliphatic heterocycles. The van der Waals surface area contributed by atoms with Crippen molar-refractivity contribution >= 4 is 51.0 Å². The second-order valence-corrected chi connectivity index (χ2v) is 9.89. The predicted molar refractivity (Wildman–Crippen MR) is 129 cm³/mol. The van der Waals surface area contributed by atoms with Crippen LogP contribution in [0.4, 0.5) is 10.1 Å². The molecule has 1 amide bonds. The van der Waals surface area contributed by atoms with E-state index < -0.39 is 28.3 Å². The summed E-state index contributed by atoms with van der Waals surface area (Å²) < 4.78 is 41.7. The van der Waals surface area contributed by atoms with Crippen LogP contribution in [-0.4, -0.2) is 27.1 Å². The van der Waals surface area contributed by atoms with Gasteiger partial charge in [0.15, 0.2) is 0 Å². The molecule has 3 aromatic rings. The molecule has 0 saturated heterocycles. The SMILES string of the molecule is Cc1ccc(S(=O)(=O)N(CC(=O)N/N=C\c2c(F)cccc2Cl)c2ccc(Cl)cc2C)cc1. The van der Waals surface area contributed by atoms with E-state index in [1.807, 2.05) is 6.92 Å². The largest absolute Gasteiger partial charge is 0.271 e. The normalized spacial score (nSPS) is 11.5. The minimum Gasteiger partial charge on any atom is -0.271 e. The number of carbonyl (C=O) groups excluding carboxylic acids is 1. The maximum absolute atomic E-state index is 13.9. The Bertz CT molecular complexity index is 1290. The Morgan fingerprint density at radius 3 is 2.42 bits per heavy atom. The van der Waals surface area contributed by atoms with Gasteiger partial charge in [-0.2, -0.15) is 5.10 Å². The minimum atomic E-state index is -4.10. The summed E-state index contributed by atoms with van der Waals surface area (Å²) in [4.78, 5) is 12.6. The predicted octanol–water partition coefficient (Wildman–Crippen LogP) is 5.09. The molecule has 0 aromatic heterocycles. The second kappa shape index (κ2) is 10.3. The monoisotopic (exact) mass is 507 g/mol. The lowest BCUT2D eigenvalue weighted by Crippen LogP contribution is -2.40. The molecule has 0 atom stereocenters. The van der Waals surface area contributed by atoms with Crippen molar-refractivity contribution in [1.29, 1.82) is 0 Å². The average Bonchev–Trinajstić information content (AvgIpc) is 2.75. The topological polar surface area (TPSA) is 78.8 Å². The zero-order chi connectivity index (χ0) is 24.2. The van der Waals surface area contributed by atoms with Crippen LogP contribution in [0.15, 0.2) is 70.7 Å². The number of hydrogen-bond acceptors (Lipinski definition) is 4. The van der Waals surface area contributed by atoms with Crippen molar-refractivity contribution in [3.05, 3.63) is 93.2 Å². The van der Waals surface area contributed by atoms with Gasteiger partial charge in [-0.3, -0.25) is 9.10 Å². The lowest BCUT2D eigenvalue weighted by molar-refractivity contribution is -0.119. The van der Waals surface area contributed by atoms with Gasteiger partial charge in [-0.05, 0) is 61.9 Å². The van der Waals surface area contributed by atoms with Gasteiger partial charge in [0.2, 0.25) is 0 Å². The van der Waals surface area contributed by atoms with E-state index in [1.54, 1.807) is 25.1 Å². The molecule has 3 rings (SSSR count). The average molecular weight is 508 g/mol. The first-order valence-corrected chi connectivity index (χ1v) is 11.9. The molecule has 172 valence electrons. The van der Waals surface area contributed by atoms with Gasteiger partial charge in [0.1, 0.15) is 12.4 Å². The number of anilines is 1. The molecule has 0 fully saturated rings. The minimum absolute atomic E-state index is 0.00264. The highest BCUT2D eigenvalue weighted by Crippen LogP contribution is 2.29. The fourth-order valence-corrected chi connectivity index (χ4v) is 4.93. The number of hydrogen-bond donors (Lipinski definition) is 1. The number of nitrogens with one attached hydrogen (secondary N) is 1. The lowest BCUT2D eigenvalue weighted by atomic mass is 10.2. The molecule has 0 unspecified atom stereocenters. The quantitative estimate of drug-likeness (QED) is 0.357. The van der Waals surface area contributed by atoms with Crippen molar-refractivity contribution in [3.63, 3.8) is 0 Å². The van der Waals surface area contributed by atoms with E-state index >= 15 is 0 Å². The molecule has 3 aromatic carbocycles. The molecule has 0 saturated carbocycles. The van der Waals surface area contributed by atoms with Gasteiger partial charge in [-0.15, -0.1) is 0 Å². The summed E-state index contributed by atoms with van der Waals surface area (Å²) in [6.07, 6.45) is 1.06. The number of halogens is 3. The van der Waals surface area contributed by atoms with E-state index in [4.69, 9.17) is 23.2 Å². The number of benzene rings is 3. The summed E-state index contributed by atoms with van der Waals surface area (Å²) in [7, 11) is -4.10. The maximum atomic E-state index is 13.9. The second-order valence-electron chi connectivity index (χ2n) is 7.18. The Hall–Kier alpha value is -2.94. The molecule has 0 spiro atoms. The van der Waals surface area contributed by atoms with Crippen LogP contribution < -0.4 is 9.73 Å². The van der Waals surface area contributed by atoms with Gasteiger partial charge in [-0.1, -0.05) is 47.0 Å². The Balaban J connectivity index is 1.90. The van der Waals surface area contributed by atoms with Gasteiger partial charge in [0.25, 0.3) is 15.9 Å². The molecule has 0 aliphatic rings. The van der Waals surface area contributed by atoms with Crippen molar-refractivity contribution in [2.45, 2.75) is 18.7 Å². The van der Waals surface area contributed by atoms with Crippen LogP contribution in [0, 0.1) is 19.7 Å². The number of aryl methyl sites for hydroxylation is 2. The lowest BCUT2D eigenvalue weighted by Gasteiger charge is -2.25. The summed E-state index contributed by atoms with van der Waals surface area (Å²) in [5, 5.41) is 4.27. The van der Waals surface area contributed by atoms with Crippen LogP contribution in [0.2, 0.25) is 10.0 Å². The molecule has 6 nitrogen and oxygen atoms in total. The first kappa shape index (κ1) is 24.7. The van der Waals surface area contributed by atoms with Gasteiger partial charge >= 0.3 is 0 Å². The number of carbonyl (C=O) groups is 1. The number of nitrogens with zero attached hydrogens (tertiary/aromatic N) is 2. The van der Waals surface area contributed by atoms with Crippen LogP contribution >= 0.6 is 23.2 Å². The van der Waals surface area contributed by atoms with E-state index in [0.717, 1.165) is 16.1 Å². The number of hydrazone groups is 1. The highest BCUT2D eigenvalue weighted by Gasteiger charge is 2.28. The van der Waals surface area contributed by atoms with Gasteiger partial charge in [0, 0.05) is 10.6 Å². The molecular weight excluding hydrogens is 488 g/mol. The van der Waals surface area contributed by atoms with E-state index in [-0.39, 0.29) is 21.2 Å². The summed E-state index contributed by atoms with van der Waals surface area (Å²) in [6.45, 7) is 2.96. The van der Waals surface area contributed by atoms with Gasteiger partial charge in [-0.25, -0.2) is 18.2 Å². The van der Waals surface area contributed by atoms with Crippen molar-refractivity contribution in [2.24, 2.45) is 5.10 Å². The molecular formula is C23H20Cl2FN3O3S. The van der Waals surface area contributed by atoms with Crippen molar-refractivity contribution in [1.82, 2.24) is 5.43 Å². The van der Waals surface area contributed by atoms with Crippen LogP contribution in [-0.2, 0) is 14.8 Å². The first-order valence-electron chi connectivity index (χ1n) is 9.71. The van der Waals surface area contributed by atoms with Gasteiger partial charge < -0.3 is 0 Å². The fourth-order valence-electron chi connectivity index (χ4n) is 3.00. The first-order chi connectivity index (χ1) is 15.6. The molecule has 0 aliphatic carbocycles. The molecule has 10 heteroatoms.